The molecule has 1 aliphatic heterocycles. The van der Waals surface area contributed by atoms with Gasteiger partial charge in [-0.1, -0.05) is 0 Å². The molecule has 0 atom stereocenters. The van der Waals surface area contributed by atoms with Crippen LogP contribution in [0.3, 0.4) is 0 Å². The van der Waals surface area contributed by atoms with E-state index < -0.39 is 5.82 Å². The number of benzene rings is 1. The molecule has 1 aliphatic rings. The maximum Gasteiger partial charge on any atom is 0.253 e. The zero-order valence-electron chi connectivity index (χ0n) is 16.5. The van der Waals surface area contributed by atoms with Gasteiger partial charge in [0.05, 0.1) is 7.11 Å². The minimum absolute atomic E-state index is 0.138. The smallest absolute Gasteiger partial charge is 0.253 e. The SMILES string of the molecule is COc1ccc(C(=O)N2CCC(n3c(C)cnc3-c3cccnc3)CC2)cc1F. The molecule has 0 bridgehead atoms. The molecule has 3 aromatic rings. The Bertz CT molecular complexity index is 1010. The van der Waals surface area contributed by atoms with Gasteiger partial charge in [-0.15, -0.1) is 0 Å². The summed E-state index contributed by atoms with van der Waals surface area (Å²) < 4.78 is 21.1. The maximum absolute atomic E-state index is 14.0. The predicted octanol–water partition coefficient (Wildman–Crippen LogP) is 3.88. The van der Waals surface area contributed by atoms with Gasteiger partial charge in [0.1, 0.15) is 5.82 Å². The summed E-state index contributed by atoms with van der Waals surface area (Å²) in [4.78, 5) is 23.4. The van der Waals surface area contributed by atoms with E-state index in [0.717, 1.165) is 29.9 Å². The fraction of sp³-hybridized carbons (Fsp3) is 0.318. The van der Waals surface area contributed by atoms with Gasteiger partial charge in [0, 0.05) is 54.5 Å². The van der Waals surface area contributed by atoms with Crippen LogP contribution in [0, 0.1) is 12.7 Å². The average Bonchev–Trinajstić information content (AvgIpc) is 3.15. The van der Waals surface area contributed by atoms with Crippen molar-refractivity contribution in [1.29, 1.82) is 0 Å². The van der Waals surface area contributed by atoms with Crippen molar-refractivity contribution < 1.29 is 13.9 Å². The monoisotopic (exact) mass is 394 g/mol. The number of likely N-dealkylation sites (tertiary alicyclic amines) is 1. The molecule has 150 valence electrons. The van der Waals surface area contributed by atoms with Gasteiger partial charge < -0.3 is 14.2 Å². The van der Waals surface area contributed by atoms with E-state index >= 15 is 0 Å². The van der Waals surface area contributed by atoms with Gasteiger partial charge in [0.25, 0.3) is 5.91 Å². The third kappa shape index (κ3) is 3.72. The Morgan fingerprint density at radius 3 is 2.66 bits per heavy atom. The highest BCUT2D eigenvalue weighted by molar-refractivity contribution is 5.94. The molecular formula is C22H23FN4O2. The van der Waals surface area contributed by atoms with Crippen molar-refractivity contribution in [3.63, 3.8) is 0 Å². The van der Waals surface area contributed by atoms with Crippen LogP contribution in [0.15, 0.2) is 48.9 Å². The fourth-order valence-corrected chi connectivity index (χ4v) is 3.92. The van der Waals surface area contributed by atoms with Crippen LogP contribution in [-0.4, -0.2) is 45.5 Å². The Morgan fingerprint density at radius 2 is 2.00 bits per heavy atom. The molecule has 6 nitrogen and oxygen atoms in total. The molecule has 2 aromatic heterocycles. The number of nitrogens with zero attached hydrogens (tertiary/aromatic N) is 4. The van der Waals surface area contributed by atoms with Gasteiger partial charge in [-0.05, 0) is 50.1 Å². The van der Waals surface area contributed by atoms with Gasteiger partial charge in [0.2, 0.25) is 0 Å². The van der Waals surface area contributed by atoms with E-state index in [-0.39, 0.29) is 17.7 Å². The van der Waals surface area contributed by atoms with Crippen molar-refractivity contribution in [3.05, 3.63) is 66.0 Å². The summed E-state index contributed by atoms with van der Waals surface area (Å²) in [6.07, 6.45) is 7.06. The second-order valence-corrected chi connectivity index (χ2v) is 7.21. The number of imidazole rings is 1. The molecular weight excluding hydrogens is 371 g/mol. The van der Waals surface area contributed by atoms with Crippen LogP contribution in [0.2, 0.25) is 0 Å². The van der Waals surface area contributed by atoms with Gasteiger partial charge >= 0.3 is 0 Å². The number of pyridine rings is 1. The summed E-state index contributed by atoms with van der Waals surface area (Å²) in [5.41, 5.74) is 2.41. The molecule has 1 saturated heterocycles. The standard InChI is InChI=1S/C22H23FN4O2/c1-15-13-25-21(17-4-3-9-24-14-17)27(15)18-7-10-26(11-8-18)22(28)16-5-6-20(29-2)19(23)12-16/h3-6,9,12-14,18H,7-8,10-11H2,1-2H3. The zero-order chi connectivity index (χ0) is 20.4. The highest BCUT2D eigenvalue weighted by Gasteiger charge is 2.27. The number of aromatic nitrogens is 3. The predicted molar refractivity (Wildman–Crippen MR) is 107 cm³/mol. The summed E-state index contributed by atoms with van der Waals surface area (Å²) >= 11 is 0. The lowest BCUT2D eigenvalue weighted by Crippen LogP contribution is -2.39. The zero-order valence-corrected chi connectivity index (χ0v) is 16.5. The lowest BCUT2D eigenvalue weighted by atomic mass is 10.0. The first-order valence-corrected chi connectivity index (χ1v) is 9.65. The van der Waals surface area contributed by atoms with Crippen LogP contribution in [0.5, 0.6) is 5.75 Å². The summed E-state index contributed by atoms with van der Waals surface area (Å²) in [5.74, 6) is 0.361. The average molecular weight is 394 g/mol. The van der Waals surface area contributed by atoms with Gasteiger partial charge in [-0.3, -0.25) is 9.78 Å². The Kier molecular flexibility index (Phi) is 5.29. The fourth-order valence-electron chi connectivity index (χ4n) is 3.92. The molecule has 0 spiro atoms. The van der Waals surface area contributed by atoms with Crippen LogP contribution in [0.1, 0.15) is 34.9 Å². The molecule has 1 aromatic carbocycles. The summed E-state index contributed by atoms with van der Waals surface area (Å²) in [6.45, 7) is 3.27. The molecule has 0 radical (unpaired) electrons. The van der Waals surface area contributed by atoms with E-state index in [1.165, 1.54) is 19.2 Å². The number of carbonyl (C=O) groups excluding carboxylic acids is 1. The lowest BCUT2D eigenvalue weighted by molar-refractivity contribution is 0.0694. The van der Waals surface area contributed by atoms with E-state index in [0.29, 0.717) is 18.7 Å². The summed E-state index contributed by atoms with van der Waals surface area (Å²) in [6, 6.07) is 8.50. The molecule has 3 heterocycles. The molecule has 0 N–H and O–H groups in total. The number of hydrogen-bond donors (Lipinski definition) is 0. The van der Waals surface area contributed by atoms with E-state index in [2.05, 4.69) is 14.5 Å². The van der Waals surface area contributed by atoms with Crippen molar-refractivity contribution in [2.24, 2.45) is 0 Å². The van der Waals surface area contributed by atoms with Crippen molar-refractivity contribution in [1.82, 2.24) is 19.4 Å². The van der Waals surface area contributed by atoms with E-state index in [9.17, 15) is 9.18 Å². The van der Waals surface area contributed by atoms with E-state index in [1.54, 1.807) is 17.2 Å². The van der Waals surface area contributed by atoms with E-state index in [1.807, 2.05) is 31.5 Å². The molecule has 4 rings (SSSR count). The third-order valence-corrected chi connectivity index (χ3v) is 5.42. The molecule has 0 saturated carbocycles. The molecule has 29 heavy (non-hydrogen) atoms. The lowest BCUT2D eigenvalue weighted by Gasteiger charge is -2.34. The highest BCUT2D eigenvalue weighted by atomic mass is 19.1. The normalized spacial score (nSPS) is 14.8. The number of piperidine rings is 1. The first-order valence-electron chi connectivity index (χ1n) is 9.65. The number of aryl methyl sites for hydroxylation is 1. The Morgan fingerprint density at radius 1 is 1.21 bits per heavy atom. The maximum atomic E-state index is 14.0. The van der Waals surface area contributed by atoms with Crippen molar-refractivity contribution in [2.45, 2.75) is 25.8 Å². The Hall–Kier alpha value is -3.22. The van der Waals surface area contributed by atoms with Crippen LogP contribution >= 0.6 is 0 Å². The Balaban J connectivity index is 1.49. The number of amides is 1. The van der Waals surface area contributed by atoms with Gasteiger partial charge in [-0.25, -0.2) is 9.37 Å². The second-order valence-electron chi connectivity index (χ2n) is 7.21. The molecule has 1 fully saturated rings. The summed E-state index contributed by atoms with van der Waals surface area (Å²) in [7, 11) is 1.41. The van der Waals surface area contributed by atoms with Crippen LogP contribution in [-0.2, 0) is 0 Å². The van der Waals surface area contributed by atoms with E-state index in [4.69, 9.17) is 4.74 Å². The number of halogens is 1. The van der Waals surface area contributed by atoms with Gasteiger partial charge in [-0.2, -0.15) is 0 Å². The number of rotatable bonds is 4. The molecule has 0 unspecified atom stereocenters. The van der Waals surface area contributed by atoms with Crippen molar-refractivity contribution >= 4 is 5.91 Å². The van der Waals surface area contributed by atoms with Gasteiger partial charge in [0.15, 0.2) is 11.6 Å². The number of ether oxygens (including phenoxy) is 1. The Labute approximate surface area is 169 Å². The first-order chi connectivity index (χ1) is 14.1. The number of hydrogen-bond acceptors (Lipinski definition) is 4. The van der Waals surface area contributed by atoms with Crippen molar-refractivity contribution in [3.8, 4) is 17.1 Å². The van der Waals surface area contributed by atoms with Crippen molar-refractivity contribution in [2.75, 3.05) is 20.2 Å². The van der Waals surface area contributed by atoms with Crippen LogP contribution in [0.25, 0.3) is 11.4 Å². The topological polar surface area (TPSA) is 60.2 Å². The minimum atomic E-state index is -0.525. The molecule has 1 amide bonds. The second kappa shape index (κ2) is 8.03. The van der Waals surface area contributed by atoms with Crippen LogP contribution < -0.4 is 4.74 Å². The number of carbonyl (C=O) groups is 1. The highest BCUT2D eigenvalue weighted by Crippen LogP contribution is 2.30. The third-order valence-electron chi connectivity index (χ3n) is 5.42. The number of methoxy groups -OCH3 is 1. The largest absolute Gasteiger partial charge is 0.494 e. The van der Waals surface area contributed by atoms with Crippen LogP contribution in [0.4, 0.5) is 4.39 Å². The summed E-state index contributed by atoms with van der Waals surface area (Å²) in [5, 5.41) is 0. The minimum Gasteiger partial charge on any atom is -0.494 e. The first kappa shape index (κ1) is 19.1. The molecule has 7 heteroatoms. The quantitative estimate of drug-likeness (QED) is 0.674. The molecule has 0 aliphatic carbocycles.